The number of benzene rings is 2. The monoisotopic (exact) mass is 408 g/mol. The SMILES string of the molecule is CCC(C)NC(=O)C(CC)N(CCc1ccccc1)C(=O)Cc1ccc(C)c(C)c1. The molecular formula is C26H36N2O2. The van der Waals surface area contributed by atoms with Crippen molar-refractivity contribution in [3.63, 3.8) is 0 Å². The molecule has 2 rings (SSSR count). The summed E-state index contributed by atoms with van der Waals surface area (Å²) in [5, 5.41) is 3.06. The molecule has 2 amide bonds. The van der Waals surface area contributed by atoms with Crippen molar-refractivity contribution in [3.8, 4) is 0 Å². The van der Waals surface area contributed by atoms with Gasteiger partial charge < -0.3 is 10.2 Å². The maximum atomic E-state index is 13.3. The predicted molar refractivity (Wildman–Crippen MR) is 123 cm³/mol. The van der Waals surface area contributed by atoms with Crippen molar-refractivity contribution >= 4 is 11.8 Å². The minimum absolute atomic E-state index is 0.000311. The Kier molecular flexibility index (Phi) is 9.10. The Morgan fingerprint density at radius 2 is 1.63 bits per heavy atom. The third kappa shape index (κ3) is 6.72. The first-order chi connectivity index (χ1) is 14.3. The van der Waals surface area contributed by atoms with Gasteiger partial charge in [-0.2, -0.15) is 0 Å². The predicted octanol–water partition coefficient (Wildman–Crippen LogP) is 4.61. The summed E-state index contributed by atoms with van der Waals surface area (Å²) in [5.41, 5.74) is 4.55. The number of nitrogens with one attached hydrogen (secondary N) is 1. The highest BCUT2D eigenvalue weighted by Crippen LogP contribution is 2.15. The second-order valence-electron chi connectivity index (χ2n) is 8.16. The van der Waals surface area contributed by atoms with Gasteiger partial charge in [-0.15, -0.1) is 0 Å². The minimum Gasteiger partial charge on any atom is -0.352 e. The fourth-order valence-electron chi connectivity index (χ4n) is 3.53. The molecule has 0 aliphatic heterocycles. The van der Waals surface area contributed by atoms with Crippen molar-refractivity contribution in [2.75, 3.05) is 6.54 Å². The average Bonchev–Trinajstić information content (AvgIpc) is 2.74. The Hall–Kier alpha value is -2.62. The lowest BCUT2D eigenvalue weighted by Gasteiger charge is -2.31. The van der Waals surface area contributed by atoms with E-state index in [0.29, 0.717) is 19.4 Å². The second-order valence-corrected chi connectivity index (χ2v) is 8.16. The Balaban J connectivity index is 2.22. The average molecular weight is 409 g/mol. The van der Waals surface area contributed by atoms with Crippen molar-refractivity contribution in [2.24, 2.45) is 0 Å². The van der Waals surface area contributed by atoms with Crippen LogP contribution in [0.2, 0.25) is 0 Å². The molecule has 4 heteroatoms. The first kappa shape index (κ1) is 23.7. The lowest BCUT2D eigenvalue weighted by atomic mass is 10.0. The van der Waals surface area contributed by atoms with E-state index in [1.807, 2.05) is 45.0 Å². The van der Waals surface area contributed by atoms with Gasteiger partial charge in [0, 0.05) is 12.6 Å². The third-order valence-corrected chi connectivity index (χ3v) is 5.80. The molecule has 2 aromatic carbocycles. The zero-order valence-corrected chi connectivity index (χ0v) is 19.1. The van der Waals surface area contributed by atoms with Crippen molar-refractivity contribution < 1.29 is 9.59 Å². The lowest BCUT2D eigenvalue weighted by Crippen LogP contribution is -2.52. The highest BCUT2D eigenvalue weighted by atomic mass is 16.2. The van der Waals surface area contributed by atoms with E-state index in [2.05, 4.69) is 43.4 Å². The Bertz CT molecular complexity index is 832. The largest absolute Gasteiger partial charge is 0.352 e. The van der Waals surface area contributed by atoms with Crippen LogP contribution in [0, 0.1) is 13.8 Å². The summed E-state index contributed by atoms with van der Waals surface area (Å²) in [6, 6.07) is 15.9. The number of carbonyl (C=O) groups is 2. The van der Waals surface area contributed by atoms with Crippen LogP contribution in [0.5, 0.6) is 0 Å². The van der Waals surface area contributed by atoms with Gasteiger partial charge in [0.05, 0.1) is 6.42 Å². The molecule has 2 unspecified atom stereocenters. The molecule has 0 radical (unpaired) electrons. The molecule has 4 nitrogen and oxygen atoms in total. The van der Waals surface area contributed by atoms with E-state index in [4.69, 9.17) is 0 Å². The van der Waals surface area contributed by atoms with Crippen LogP contribution in [0.1, 0.15) is 55.9 Å². The summed E-state index contributed by atoms with van der Waals surface area (Å²) < 4.78 is 0. The van der Waals surface area contributed by atoms with Crippen molar-refractivity contribution in [1.82, 2.24) is 10.2 Å². The standard InChI is InChI=1S/C26H36N2O2/c1-6-21(5)27-26(30)24(7-2)28(16-15-22-11-9-8-10-12-22)25(29)18-23-14-13-19(3)20(4)17-23/h8-14,17,21,24H,6-7,15-16,18H2,1-5H3,(H,27,30). The number of carbonyl (C=O) groups excluding carboxylic acids is 2. The summed E-state index contributed by atoms with van der Waals surface area (Å²) in [5.74, 6) is -0.0614. The fourth-order valence-corrected chi connectivity index (χ4v) is 3.53. The quantitative estimate of drug-likeness (QED) is 0.624. The van der Waals surface area contributed by atoms with Crippen LogP contribution in [-0.2, 0) is 22.4 Å². The van der Waals surface area contributed by atoms with Crippen molar-refractivity contribution in [1.29, 1.82) is 0 Å². The van der Waals surface area contributed by atoms with E-state index in [-0.39, 0.29) is 17.9 Å². The minimum atomic E-state index is -0.457. The van der Waals surface area contributed by atoms with E-state index < -0.39 is 6.04 Å². The summed E-state index contributed by atoms with van der Waals surface area (Å²) in [6.45, 7) is 10.7. The lowest BCUT2D eigenvalue weighted by molar-refractivity contribution is -0.140. The van der Waals surface area contributed by atoms with Gasteiger partial charge in [-0.05, 0) is 62.3 Å². The van der Waals surface area contributed by atoms with E-state index >= 15 is 0 Å². The number of aryl methyl sites for hydroxylation is 2. The Morgan fingerprint density at radius 1 is 0.933 bits per heavy atom. The van der Waals surface area contributed by atoms with Gasteiger partial charge >= 0.3 is 0 Å². The number of hydrogen-bond donors (Lipinski definition) is 1. The Morgan fingerprint density at radius 3 is 2.23 bits per heavy atom. The van der Waals surface area contributed by atoms with E-state index in [0.717, 1.165) is 18.4 Å². The zero-order valence-electron chi connectivity index (χ0n) is 19.1. The Labute approximate surface area is 181 Å². The van der Waals surface area contributed by atoms with Gasteiger partial charge in [-0.3, -0.25) is 9.59 Å². The van der Waals surface area contributed by atoms with Gasteiger partial charge in [0.25, 0.3) is 0 Å². The van der Waals surface area contributed by atoms with Gasteiger partial charge in [0.1, 0.15) is 6.04 Å². The van der Waals surface area contributed by atoms with E-state index in [9.17, 15) is 9.59 Å². The highest BCUT2D eigenvalue weighted by molar-refractivity contribution is 5.88. The third-order valence-electron chi connectivity index (χ3n) is 5.80. The van der Waals surface area contributed by atoms with Crippen LogP contribution < -0.4 is 5.32 Å². The van der Waals surface area contributed by atoms with Crippen LogP contribution in [0.4, 0.5) is 0 Å². The van der Waals surface area contributed by atoms with Gasteiger partial charge in [-0.25, -0.2) is 0 Å². The molecule has 0 fully saturated rings. The number of rotatable bonds is 10. The summed E-state index contributed by atoms with van der Waals surface area (Å²) in [7, 11) is 0. The molecule has 2 aromatic rings. The van der Waals surface area contributed by atoms with E-state index in [1.165, 1.54) is 16.7 Å². The van der Waals surface area contributed by atoms with Crippen LogP contribution in [0.25, 0.3) is 0 Å². The number of hydrogen-bond acceptors (Lipinski definition) is 2. The van der Waals surface area contributed by atoms with Crippen molar-refractivity contribution in [3.05, 3.63) is 70.8 Å². The van der Waals surface area contributed by atoms with Crippen LogP contribution in [-0.4, -0.2) is 35.3 Å². The first-order valence-electron chi connectivity index (χ1n) is 11.1. The summed E-state index contributed by atoms with van der Waals surface area (Å²) >= 11 is 0. The zero-order chi connectivity index (χ0) is 22.1. The van der Waals surface area contributed by atoms with Gasteiger partial charge in [0.2, 0.25) is 11.8 Å². The topological polar surface area (TPSA) is 49.4 Å². The first-order valence-corrected chi connectivity index (χ1v) is 11.1. The maximum absolute atomic E-state index is 13.3. The number of amides is 2. The van der Waals surface area contributed by atoms with Gasteiger partial charge in [-0.1, -0.05) is 62.4 Å². The van der Waals surface area contributed by atoms with Crippen LogP contribution >= 0.6 is 0 Å². The molecule has 0 aromatic heterocycles. The maximum Gasteiger partial charge on any atom is 0.243 e. The molecule has 0 aliphatic carbocycles. The molecule has 0 bridgehead atoms. The molecule has 30 heavy (non-hydrogen) atoms. The molecule has 0 saturated carbocycles. The molecule has 2 atom stereocenters. The second kappa shape index (κ2) is 11.5. The van der Waals surface area contributed by atoms with E-state index in [1.54, 1.807) is 4.90 Å². The molecule has 0 saturated heterocycles. The fraction of sp³-hybridized carbons (Fsp3) is 0.462. The smallest absolute Gasteiger partial charge is 0.243 e. The molecule has 1 N–H and O–H groups in total. The molecular weight excluding hydrogens is 372 g/mol. The van der Waals surface area contributed by atoms with Crippen LogP contribution in [0.3, 0.4) is 0 Å². The molecule has 0 heterocycles. The van der Waals surface area contributed by atoms with Crippen LogP contribution in [0.15, 0.2) is 48.5 Å². The van der Waals surface area contributed by atoms with Crippen molar-refractivity contribution in [2.45, 2.75) is 72.4 Å². The highest BCUT2D eigenvalue weighted by Gasteiger charge is 2.28. The normalized spacial score (nSPS) is 12.8. The molecule has 162 valence electrons. The molecule has 0 spiro atoms. The summed E-state index contributed by atoms with van der Waals surface area (Å²) in [6.07, 6.45) is 2.49. The molecule has 0 aliphatic rings. The van der Waals surface area contributed by atoms with Gasteiger partial charge in [0.15, 0.2) is 0 Å². The number of nitrogens with zero attached hydrogens (tertiary/aromatic N) is 1. The summed E-state index contributed by atoms with van der Waals surface area (Å²) in [4.78, 5) is 28.1.